The van der Waals surface area contributed by atoms with Gasteiger partial charge in [0.25, 0.3) is 11.6 Å². The molecular weight excluding hydrogens is 282 g/mol. The van der Waals surface area contributed by atoms with E-state index in [1.54, 1.807) is 17.9 Å². The van der Waals surface area contributed by atoms with Gasteiger partial charge in [-0.1, -0.05) is 0 Å². The lowest BCUT2D eigenvalue weighted by atomic mass is 10.1. The van der Waals surface area contributed by atoms with Gasteiger partial charge in [-0.15, -0.1) is 12.4 Å². The maximum Gasteiger partial charge on any atom is 0.270 e. The number of halogens is 1. The molecule has 1 atom stereocenters. The van der Waals surface area contributed by atoms with Crippen molar-refractivity contribution in [1.82, 2.24) is 10.2 Å². The lowest BCUT2D eigenvalue weighted by Gasteiger charge is -2.34. The molecule has 0 aliphatic carbocycles. The molecule has 1 amide bonds. The molecule has 0 bridgehead atoms. The monoisotopic (exact) mass is 299 g/mol. The van der Waals surface area contributed by atoms with E-state index in [9.17, 15) is 14.9 Å². The number of amides is 1. The van der Waals surface area contributed by atoms with Crippen LogP contribution in [-0.2, 0) is 0 Å². The second-order valence-electron chi connectivity index (χ2n) is 4.87. The zero-order valence-electron chi connectivity index (χ0n) is 11.5. The minimum Gasteiger partial charge on any atom is -0.333 e. The first-order chi connectivity index (χ1) is 8.99. The Morgan fingerprint density at radius 3 is 2.75 bits per heavy atom. The third kappa shape index (κ3) is 3.46. The molecule has 1 aromatic carbocycles. The molecule has 2 rings (SSSR count). The molecule has 110 valence electrons. The molecule has 1 heterocycles. The summed E-state index contributed by atoms with van der Waals surface area (Å²) in [6, 6.07) is 4.62. The quantitative estimate of drug-likeness (QED) is 0.667. The Balaban J connectivity index is 0.00000200. The molecule has 1 fully saturated rings. The van der Waals surface area contributed by atoms with Crippen LogP contribution in [0.1, 0.15) is 22.8 Å². The van der Waals surface area contributed by atoms with Gasteiger partial charge in [0.15, 0.2) is 0 Å². The Kier molecular flexibility index (Phi) is 5.47. The van der Waals surface area contributed by atoms with Crippen molar-refractivity contribution in [2.45, 2.75) is 19.9 Å². The summed E-state index contributed by atoms with van der Waals surface area (Å²) >= 11 is 0. The zero-order chi connectivity index (χ0) is 14.0. The Labute approximate surface area is 123 Å². The summed E-state index contributed by atoms with van der Waals surface area (Å²) in [6.45, 7) is 5.85. The Bertz CT molecular complexity index is 522. The van der Waals surface area contributed by atoms with Crippen LogP contribution < -0.4 is 5.32 Å². The summed E-state index contributed by atoms with van der Waals surface area (Å²) in [4.78, 5) is 24.5. The smallest absolute Gasteiger partial charge is 0.270 e. The van der Waals surface area contributed by atoms with E-state index in [-0.39, 0.29) is 30.0 Å². The third-order valence-electron chi connectivity index (χ3n) is 3.28. The molecule has 0 aromatic heterocycles. The maximum atomic E-state index is 12.4. The van der Waals surface area contributed by atoms with Gasteiger partial charge in [-0.2, -0.15) is 0 Å². The fourth-order valence-corrected chi connectivity index (χ4v) is 2.30. The van der Waals surface area contributed by atoms with Crippen LogP contribution >= 0.6 is 12.4 Å². The van der Waals surface area contributed by atoms with Crippen LogP contribution in [-0.4, -0.2) is 41.4 Å². The van der Waals surface area contributed by atoms with Crippen LogP contribution in [0, 0.1) is 17.0 Å². The molecule has 7 heteroatoms. The number of aryl methyl sites for hydroxylation is 1. The minimum absolute atomic E-state index is 0. The first-order valence-electron chi connectivity index (χ1n) is 6.27. The lowest BCUT2D eigenvalue weighted by molar-refractivity contribution is -0.384. The molecule has 1 unspecified atom stereocenters. The van der Waals surface area contributed by atoms with Crippen LogP contribution in [0.4, 0.5) is 5.69 Å². The Morgan fingerprint density at radius 1 is 1.45 bits per heavy atom. The zero-order valence-corrected chi connectivity index (χ0v) is 12.3. The van der Waals surface area contributed by atoms with E-state index in [0.29, 0.717) is 12.1 Å². The normalized spacial score (nSPS) is 18.3. The fourth-order valence-electron chi connectivity index (χ4n) is 2.30. The molecule has 1 aliphatic rings. The van der Waals surface area contributed by atoms with Gasteiger partial charge in [0.2, 0.25) is 0 Å². The van der Waals surface area contributed by atoms with E-state index in [2.05, 4.69) is 5.32 Å². The number of carbonyl (C=O) groups is 1. The van der Waals surface area contributed by atoms with Gasteiger partial charge in [-0.05, 0) is 25.5 Å². The Hall–Kier alpha value is -1.66. The third-order valence-corrected chi connectivity index (χ3v) is 3.28. The largest absolute Gasteiger partial charge is 0.333 e. The van der Waals surface area contributed by atoms with Crippen molar-refractivity contribution in [3.05, 3.63) is 39.4 Å². The van der Waals surface area contributed by atoms with Crippen LogP contribution in [0.2, 0.25) is 0 Å². The molecule has 1 saturated heterocycles. The highest BCUT2D eigenvalue weighted by molar-refractivity contribution is 5.95. The van der Waals surface area contributed by atoms with E-state index in [1.165, 1.54) is 12.1 Å². The van der Waals surface area contributed by atoms with Crippen LogP contribution in [0.5, 0.6) is 0 Å². The van der Waals surface area contributed by atoms with Crippen LogP contribution in [0.3, 0.4) is 0 Å². The summed E-state index contributed by atoms with van der Waals surface area (Å²) < 4.78 is 0. The van der Waals surface area contributed by atoms with Gasteiger partial charge in [-0.3, -0.25) is 14.9 Å². The summed E-state index contributed by atoms with van der Waals surface area (Å²) in [7, 11) is 0. The van der Waals surface area contributed by atoms with Gasteiger partial charge in [0.05, 0.1) is 4.92 Å². The maximum absolute atomic E-state index is 12.4. The van der Waals surface area contributed by atoms with Crippen molar-refractivity contribution in [1.29, 1.82) is 0 Å². The van der Waals surface area contributed by atoms with Crippen molar-refractivity contribution in [2.24, 2.45) is 0 Å². The number of carbonyl (C=O) groups excluding carboxylic acids is 1. The van der Waals surface area contributed by atoms with E-state index in [0.717, 1.165) is 18.7 Å². The molecule has 6 nitrogen and oxygen atoms in total. The predicted molar refractivity (Wildman–Crippen MR) is 78.4 cm³/mol. The molecule has 0 saturated carbocycles. The van der Waals surface area contributed by atoms with Crippen molar-refractivity contribution < 1.29 is 9.72 Å². The standard InChI is InChI=1S/C13H17N3O3.ClH/c1-9-5-11(7-12(6-9)16(18)19)13(17)15-4-3-14-8-10(15)2;/h5-7,10,14H,3-4,8H2,1-2H3;1H. The average molecular weight is 300 g/mol. The van der Waals surface area contributed by atoms with E-state index in [4.69, 9.17) is 0 Å². The van der Waals surface area contributed by atoms with Crippen molar-refractivity contribution in [3.8, 4) is 0 Å². The van der Waals surface area contributed by atoms with Crippen molar-refractivity contribution >= 4 is 24.0 Å². The average Bonchev–Trinajstić information content (AvgIpc) is 2.37. The summed E-state index contributed by atoms with van der Waals surface area (Å²) in [5.74, 6) is -0.138. The molecule has 20 heavy (non-hydrogen) atoms. The summed E-state index contributed by atoms with van der Waals surface area (Å²) in [5, 5.41) is 14.0. The first-order valence-corrected chi connectivity index (χ1v) is 6.27. The highest BCUT2D eigenvalue weighted by Gasteiger charge is 2.25. The highest BCUT2D eigenvalue weighted by atomic mass is 35.5. The molecule has 1 aliphatic heterocycles. The number of nitrogens with zero attached hydrogens (tertiary/aromatic N) is 2. The number of hydrogen-bond donors (Lipinski definition) is 1. The predicted octanol–water partition coefficient (Wildman–Crippen LogP) is 1.76. The molecule has 1 N–H and O–H groups in total. The van der Waals surface area contributed by atoms with E-state index >= 15 is 0 Å². The van der Waals surface area contributed by atoms with E-state index in [1.807, 2.05) is 6.92 Å². The number of hydrogen-bond acceptors (Lipinski definition) is 4. The number of benzene rings is 1. The van der Waals surface area contributed by atoms with Crippen LogP contribution in [0.15, 0.2) is 18.2 Å². The number of rotatable bonds is 2. The van der Waals surface area contributed by atoms with Gasteiger partial charge in [0.1, 0.15) is 0 Å². The van der Waals surface area contributed by atoms with Gasteiger partial charge in [-0.25, -0.2) is 0 Å². The van der Waals surface area contributed by atoms with Gasteiger partial charge in [0, 0.05) is 43.4 Å². The Morgan fingerprint density at radius 2 is 2.15 bits per heavy atom. The first kappa shape index (κ1) is 16.4. The highest BCUT2D eigenvalue weighted by Crippen LogP contribution is 2.19. The number of piperazine rings is 1. The molecular formula is C13H18ClN3O3. The topological polar surface area (TPSA) is 75.5 Å². The SMILES string of the molecule is Cc1cc(C(=O)N2CCNCC2C)cc([N+](=O)[O-])c1.Cl. The van der Waals surface area contributed by atoms with E-state index < -0.39 is 4.92 Å². The second kappa shape index (κ2) is 6.67. The van der Waals surface area contributed by atoms with Gasteiger partial charge >= 0.3 is 0 Å². The van der Waals surface area contributed by atoms with Gasteiger partial charge < -0.3 is 10.2 Å². The molecule has 0 spiro atoms. The lowest BCUT2D eigenvalue weighted by Crippen LogP contribution is -2.52. The number of nitro groups is 1. The van der Waals surface area contributed by atoms with Crippen molar-refractivity contribution in [3.63, 3.8) is 0 Å². The number of non-ortho nitro benzene ring substituents is 1. The minimum atomic E-state index is -0.467. The number of nitro benzene ring substituents is 1. The second-order valence-corrected chi connectivity index (χ2v) is 4.87. The summed E-state index contributed by atoms with van der Waals surface area (Å²) in [5.41, 5.74) is 1.08. The molecule has 1 aromatic rings. The number of nitrogens with one attached hydrogen (secondary N) is 1. The summed E-state index contributed by atoms with van der Waals surface area (Å²) in [6.07, 6.45) is 0. The fraction of sp³-hybridized carbons (Fsp3) is 0.462. The van der Waals surface area contributed by atoms with Crippen LogP contribution in [0.25, 0.3) is 0 Å². The van der Waals surface area contributed by atoms with Crippen molar-refractivity contribution in [2.75, 3.05) is 19.6 Å². The molecule has 0 radical (unpaired) electrons.